The molecule has 2 aliphatic rings. The summed E-state index contributed by atoms with van der Waals surface area (Å²) < 4.78 is 74.3. The van der Waals surface area contributed by atoms with Crippen LogP contribution in [0.4, 0.5) is 22.0 Å². The highest BCUT2D eigenvalue weighted by Crippen LogP contribution is 2.35. The van der Waals surface area contributed by atoms with Crippen molar-refractivity contribution in [2.45, 2.75) is 108 Å². The second-order valence-corrected chi connectivity index (χ2v) is 14.7. The molecule has 2 aliphatic heterocycles. The number of carbonyl (C=O) groups excluding carboxylic acids is 3. The molecule has 0 aliphatic carbocycles. The van der Waals surface area contributed by atoms with E-state index < -0.39 is 65.2 Å². The first-order chi connectivity index (χ1) is 26.1. The molecule has 55 heavy (non-hydrogen) atoms. The van der Waals surface area contributed by atoms with Gasteiger partial charge in [0.2, 0.25) is 17.7 Å². The van der Waals surface area contributed by atoms with E-state index in [0.717, 1.165) is 35.9 Å². The van der Waals surface area contributed by atoms with Crippen LogP contribution < -0.4 is 16.0 Å². The van der Waals surface area contributed by atoms with Gasteiger partial charge in [0.05, 0.1) is 30.4 Å². The third kappa shape index (κ3) is 10.5. The molecule has 2 fully saturated rings. The number of aryl methyl sites for hydroxylation is 1. The van der Waals surface area contributed by atoms with Crippen molar-refractivity contribution in [3.63, 3.8) is 0 Å². The van der Waals surface area contributed by atoms with E-state index in [2.05, 4.69) is 16.0 Å². The molecule has 2 heterocycles. The number of rotatable bonds is 16. The van der Waals surface area contributed by atoms with Crippen LogP contribution in [0.2, 0.25) is 0 Å². The predicted octanol–water partition coefficient (Wildman–Crippen LogP) is 5.47. The van der Waals surface area contributed by atoms with Crippen molar-refractivity contribution in [3.05, 3.63) is 107 Å². The summed E-state index contributed by atoms with van der Waals surface area (Å²) in [4.78, 5) is 42.6. The van der Waals surface area contributed by atoms with E-state index in [1.807, 2.05) is 44.2 Å². The monoisotopic (exact) mass is 772 g/mol. The summed E-state index contributed by atoms with van der Waals surface area (Å²) in [6.45, 7) is 5.48. The van der Waals surface area contributed by atoms with Crippen LogP contribution in [-0.2, 0) is 44.7 Å². The van der Waals surface area contributed by atoms with E-state index in [1.165, 1.54) is 24.0 Å². The van der Waals surface area contributed by atoms with Crippen LogP contribution in [0, 0.1) is 17.6 Å². The third-order valence-corrected chi connectivity index (χ3v) is 10.9. The Morgan fingerprint density at radius 1 is 1.02 bits per heavy atom. The van der Waals surface area contributed by atoms with Gasteiger partial charge in [-0.05, 0) is 79.0 Å². The van der Waals surface area contributed by atoms with Crippen LogP contribution in [0.5, 0.6) is 0 Å². The van der Waals surface area contributed by atoms with Gasteiger partial charge in [-0.2, -0.15) is 13.2 Å². The Labute approximate surface area is 318 Å². The molecule has 7 atom stereocenters. The molecule has 5 rings (SSSR count). The molecule has 14 heteroatoms. The number of likely N-dealkylation sites (tertiary alicyclic amines) is 1. The fourth-order valence-corrected chi connectivity index (χ4v) is 7.76. The van der Waals surface area contributed by atoms with Gasteiger partial charge in [0.15, 0.2) is 0 Å². The maximum atomic E-state index is 14.5. The molecule has 3 aromatic rings. The van der Waals surface area contributed by atoms with Gasteiger partial charge in [-0.15, -0.1) is 0 Å². The van der Waals surface area contributed by atoms with E-state index in [1.54, 1.807) is 0 Å². The lowest BCUT2D eigenvalue weighted by atomic mass is 9.81. The summed E-state index contributed by atoms with van der Waals surface area (Å²) in [5, 5.41) is 20.8. The molecule has 0 bridgehead atoms. The van der Waals surface area contributed by atoms with Gasteiger partial charge in [0, 0.05) is 32.1 Å². The lowest BCUT2D eigenvalue weighted by Gasteiger charge is -2.36. The number of aliphatic hydroxyl groups excluding tert-OH is 1. The Morgan fingerprint density at radius 3 is 2.36 bits per heavy atom. The zero-order chi connectivity index (χ0) is 39.9. The Hall–Kier alpha value is -4.40. The first kappa shape index (κ1) is 41.8. The average Bonchev–Trinajstić information content (AvgIpc) is 3.74. The number of aliphatic hydroxyl groups is 1. The number of carbonyl (C=O) groups is 3. The number of halogens is 5. The number of hydrogen-bond acceptors (Lipinski definition) is 6. The minimum atomic E-state index is -4.50. The molecule has 0 spiro atoms. The topological polar surface area (TPSA) is 120 Å². The quantitative estimate of drug-likeness (QED) is 0.144. The van der Waals surface area contributed by atoms with Crippen molar-refractivity contribution >= 4 is 17.7 Å². The molecule has 0 saturated carbocycles. The first-order valence-electron chi connectivity index (χ1n) is 18.7. The fourth-order valence-electron chi connectivity index (χ4n) is 7.76. The molecule has 3 aromatic carbocycles. The van der Waals surface area contributed by atoms with E-state index in [0.29, 0.717) is 18.4 Å². The summed E-state index contributed by atoms with van der Waals surface area (Å²) in [6.07, 6.45) is -4.75. The van der Waals surface area contributed by atoms with E-state index in [-0.39, 0.29) is 68.7 Å². The molecule has 0 aromatic heterocycles. The number of nitrogens with one attached hydrogen (secondary N) is 3. The second kappa shape index (κ2) is 18.0. The standard InChI is InChI=1S/C41H49F5N4O5/c1-4-25(2)40(49-26(3)51)15-16-50(39(40)54)36(14-13-27-9-6-5-7-10-27)38(53)48-35(20-29-18-31(42)21-32(43)19-29)37(52)34-22-33(23-47-34)55-24-28-11-8-12-30(17-28)41(44,45)46/h5-12,17-19,21,25,33-37,47,52H,4,13-16,20,22-24H2,1-3H3,(H,48,53)(H,49,51)/t25-,33-,34-,35+,36?,37-,40?/m1/s1. The zero-order valence-corrected chi connectivity index (χ0v) is 31.2. The molecule has 9 nitrogen and oxygen atoms in total. The van der Waals surface area contributed by atoms with Crippen molar-refractivity contribution < 1.29 is 46.2 Å². The van der Waals surface area contributed by atoms with Crippen LogP contribution in [-0.4, -0.2) is 76.7 Å². The maximum absolute atomic E-state index is 14.5. The van der Waals surface area contributed by atoms with Gasteiger partial charge < -0.3 is 30.7 Å². The highest BCUT2D eigenvalue weighted by Gasteiger charge is 2.53. The molecule has 2 saturated heterocycles. The van der Waals surface area contributed by atoms with E-state index in [9.17, 15) is 41.4 Å². The predicted molar refractivity (Wildman–Crippen MR) is 195 cm³/mol. The van der Waals surface area contributed by atoms with Crippen molar-refractivity contribution in [1.29, 1.82) is 0 Å². The van der Waals surface area contributed by atoms with Crippen molar-refractivity contribution in [3.8, 4) is 0 Å². The second-order valence-electron chi connectivity index (χ2n) is 14.7. The van der Waals surface area contributed by atoms with Gasteiger partial charge in [0.25, 0.3) is 0 Å². The number of alkyl halides is 3. The maximum Gasteiger partial charge on any atom is 0.416 e. The third-order valence-electron chi connectivity index (χ3n) is 10.9. The lowest BCUT2D eigenvalue weighted by molar-refractivity contribution is -0.144. The van der Waals surface area contributed by atoms with Gasteiger partial charge in [-0.3, -0.25) is 14.4 Å². The van der Waals surface area contributed by atoms with Crippen LogP contribution in [0.15, 0.2) is 72.8 Å². The summed E-state index contributed by atoms with van der Waals surface area (Å²) in [5.41, 5.74) is -0.569. The molecule has 4 N–H and O–H groups in total. The average molecular weight is 773 g/mol. The van der Waals surface area contributed by atoms with Crippen molar-refractivity contribution in [2.75, 3.05) is 13.1 Å². The molecule has 2 unspecified atom stereocenters. The van der Waals surface area contributed by atoms with Gasteiger partial charge >= 0.3 is 6.18 Å². The van der Waals surface area contributed by atoms with Crippen LogP contribution in [0.25, 0.3) is 0 Å². The lowest BCUT2D eigenvalue weighted by Crippen LogP contribution is -2.61. The highest BCUT2D eigenvalue weighted by atomic mass is 19.4. The molecule has 298 valence electrons. The number of benzene rings is 3. The van der Waals surface area contributed by atoms with Crippen LogP contribution in [0.3, 0.4) is 0 Å². The smallest absolute Gasteiger partial charge is 0.389 e. The van der Waals surface area contributed by atoms with Gasteiger partial charge in [0.1, 0.15) is 23.2 Å². The fraction of sp³-hybridized carbons (Fsp3) is 0.488. The Morgan fingerprint density at radius 2 is 1.71 bits per heavy atom. The van der Waals surface area contributed by atoms with Crippen LogP contribution >= 0.6 is 0 Å². The highest BCUT2D eigenvalue weighted by molar-refractivity contribution is 5.96. The number of amides is 3. The zero-order valence-electron chi connectivity index (χ0n) is 31.2. The molecule has 0 radical (unpaired) electrons. The molecular formula is C41H49F5N4O5. The van der Waals surface area contributed by atoms with Gasteiger partial charge in [-0.1, -0.05) is 62.7 Å². The minimum absolute atomic E-state index is 0.106. The largest absolute Gasteiger partial charge is 0.416 e. The van der Waals surface area contributed by atoms with Crippen molar-refractivity contribution in [2.24, 2.45) is 5.92 Å². The Balaban J connectivity index is 1.37. The SMILES string of the molecule is CC[C@@H](C)C1(NC(C)=O)CCN(C(CCc2ccccc2)C(=O)N[C@@H](Cc2cc(F)cc(F)c2)[C@H](O)[C@H]2C[C@@H](OCc3cccc(C(F)(F)F)c3)CN2)C1=O. The molecule has 3 amide bonds. The Kier molecular flexibility index (Phi) is 13.7. The van der Waals surface area contributed by atoms with Crippen molar-refractivity contribution in [1.82, 2.24) is 20.9 Å². The minimum Gasteiger partial charge on any atom is -0.389 e. The van der Waals surface area contributed by atoms with Crippen LogP contribution in [0.1, 0.15) is 68.7 Å². The summed E-state index contributed by atoms with van der Waals surface area (Å²) in [6, 6.07) is 14.4. The normalized spacial score (nSPS) is 22.3. The number of hydrogen-bond donors (Lipinski definition) is 4. The van der Waals surface area contributed by atoms with Gasteiger partial charge in [-0.25, -0.2) is 8.78 Å². The summed E-state index contributed by atoms with van der Waals surface area (Å²) in [7, 11) is 0. The molecular weight excluding hydrogens is 723 g/mol. The Bertz CT molecular complexity index is 1780. The summed E-state index contributed by atoms with van der Waals surface area (Å²) in [5.74, 6) is -3.23. The first-order valence-corrected chi connectivity index (χ1v) is 18.7. The summed E-state index contributed by atoms with van der Waals surface area (Å²) >= 11 is 0. The van der Waals surface area contributed by atoms with E-state index >= 15 is 0 Å². The number of nitrogens with zero attached hydrogens (tertiary/aromatic N) is 1. The van der Waals surface area contributed by atoms with E-state index in [4.69, 9.17) is 4.74 Å². The number of ether oxygens (including phenoxy) is 1.